The lowest BCUT2D eigenvalue weighted by Crippen LogP contribution is -2.49. The topological polar surface area (TPSA) is 95.9 Å². The summed E-state index contributed by atoms with van der Waals surface area (Å²) in [5.74, 6) is 0.390. The van der Waals surface area contributed by atoms with Crippen molar-refractivity contribution < 1.29 is 23.1 Å². The van der Waals surface area contributed by atoms with Crippen LogP contribution in [-0.4, -0.2) is 45.2 Å². The largest absolute Gasteiger partial charge is 0.490 e. The van der Waals surface area contributed by atoms with E-state index in [0.29, 0.717) is 37.4 Å². The van der Waals surface area contributed by atoms with E-state index in [1.54, 1.807) is 42.5 Å². The molecule has 3 aromatic rings. The number of aliphatic hydroxyl groups excluding tert-OH is 1. The van der Waals surface area contributed by atoms with Crippen LogP contribution < -0.4 is 14.4 Å². The molecule has 0 unspecified atom stereocenters. The number of carbonyl (C=O) groups excluding carboxylic acids is 1. The molecule has 4 aliphatic rings. The SMILES string of the molecule is O=C1NS(=O)(=O)[C@H](c2ccccc2)CC/C=C\[C@H](O)[C@@H]2CC[C@H]2CN2C[C@@]3(CCCc4cc(Cl)ccc43)COc3ccc1cc32. The van der Waals surface area contributed by atoms with Crippen LogP contribution in [0.5, 0.6) is 5.75 Å². The van der Waals surface area contributed by atoms with E-state index in [2.05, 4.69) is 21.8 Å². The molecule has 7 rings (SSSR count). The van der Waals surface area contributed by atoms with Gasteiger partial charge in [-0.05, 0) is 104 Å². The van der Waals surface area contributed by atoms with Crippen molar-refractivity contribution in [2.45, 2.75) is 61.7 Å². The molecule has 2 aliphatic heterocycles. The maximum Gasteiger partial charge on any atom is 0.264 e. The van der Waals surface area contributed by atoms with Crippen LogP contribution >= 0.6 is 11.6 Å². The summed E-state index contributed by atoms with van der Waals surface area (Å²) >= 11 is 6.40. The number of halogens is 1. The predicted octanol–water partition coefficient (Wildman–Crippen LogP) is 6.35. The Bertz CT molecular complexity index is 1730. The highest BCUT2D eigenvalue weighted by Crippen LogP contribution is 2.47. The van der Waals surface area contributed by atoms with Crippen molar-refractivity contribution in [3.63, 3.8) is 0 Å². The van der Waals surface area contributed by atoms with Gasteiger partial charge in [0, 0.05) is 29.1 Å². The summed E-state index contributed by atoms with van der Waals surface area (Å²) in [5, 5.41) is 11.0. The fourth-order valence-corrected chi connectivity index (χ4v) is 9.54. The second kappa shape index (κ2) is 12.1. The van der Waals surface area contributed by atoms with Crippen LogP contribution in [0.3, 0.4) is 0 Å². The molecule has 0 aromatic heterocycles. The van der Waals surface area contributed by atoms with Gasteiger partial charge in [-0.2, -0.15) is 0 Å². The van der Waals surface area contributed by atoms with Gasteiger partial charge in [0.25, 0.3) is 5.91 Å². The summed E-state index contributed by atoms with van der Waals surface area (Å²) in [7, 11) is -4.08. The molecule has 7 nitrogen and oxygen atoms in total. The zero-order valence-electron chi connectivity index (χ0n) is 25.2. The molecular weight excluding hydrogens is 608 g/mol. The third-order valence-corrected chi connectivity index (χ3v) is 12.3. The quantitative estimate of drug-likeness (QED) is 0.299. The molecule has 2 bridgehead atoms. The van der Waals surface area contributed by atoms with Crippen molar-refractivity contribution in [1.29, 1.82) is 0 Å². The van der Waals surface area contributed by atoms with Gasteiger partial charge in [0.05, 0.1) is 18.4 Å². The number of aliphatic hydroxyl groups is 1. The lowest BCUT2D eigenvalue weighted by Gasteiger charge is -2.45. The molecular formula is C36H39ClN2O5S. The van der Waals surface area contributed by atoms with Crippen molar-refractivity contribution >= 4 is 33.2 Å². The molecule has 1 amide bonds. The van der Waals surface area contributed by atoms with Crippen LogP contribution in [0.2, 0.25) is 5.02 Å². The summed E-state index contributed by atoms with van der Waals surface area (Å²) in [5.41, 5.74) is 3.89. The van der Waals surface area contributed by atoms with Crippen molar-refractivity contribution in [3.05, 3.63) is 106 Å². The molecule has 0 saturated heterocycles. The molecule has 2 aliphatic carbocycles. The van der Waals surface area contributed by atoms with Gasteiger partial charge in [0.2, 0.25) is 10.0 Å². The van der Waals surface area contributed by atoms with Gasteiger partial charge in [-0.3, -0.25) is 4.79 Å². The van der Waals surface area contributed by atoms with E-state index < -0.39 is 27.3 Å². The summed E-state index contributed by atoms with van der Waals surface area (Å²) in [4.78, 5) is 15.9. The number of hydrogen-bond donors (Lipinski definition) is 2. The normalized spacial score (nSPS) is 30.1. The molecule has 0 radical (unpaired) electrons. The second-order valence-electron chi connectivity index (χ2n) is 13.2. The van der Waals surface area contributed by atoms with E-state index >= 15 is 0 Å². The van der Waals surface area contributed by atoms with Gasteiger partial charge in [0.1, 0.15) is 11.0 Å². The number of nitrogens with one attached hydrogen (secondary N) is 1. The number of hydrogen-bond acceptors (Lipinski definition) is 6. The van der Waals surface area contributed by atoms with E-state index in [-0.39, 0.29) is 29.2 Å². The number of carbonyl (C=O) groups is 1. The summed E-state index contributed by atoms with van der Waals surface area (Å²) < 4.78 is 36.4. The number of nitrogens with zero attached hydrogens (tertiary/aromatic N) is 1. The Hall–Kier alpha value is -3.33. The predicted molar refractivity (Wildman–Crippen MR) is 176 cm³/mol. The van der Waals surface area contributed by atoms with Crippen LogP contribution in [0.4, 0.5) is 5.69 Å². The van der Waals surface area contributed by atoms with E-state index in [9.17, 15) is 18.3 Å². The second-order valence-corrected chi connectivity index (χ2v) is 15.5. The third-order valence-electron chi connectivity index (χ3n) is 10.4. The number of ether oxygens (including phenoxy) is 1. The maximum atomic E-state index is 13.7. The van der Waals surface area contributed by atoms with Crippen LogP contribution in [0.15, 0.2) is 78.9 Å². The van der Waals surface area contributed by atoms with Crippen LogP contribution in [-0.2, 0) is 21.9 Å². The number of rotatable bonds is 1. The Kier molecular flexibility index (Phi) is 8.17. The van der Waals surface area contributed by atoms with Crippen LogP contribution in [0, 0.1) is 11.8 Å². The smallest absolute Gasteiger partial charge is 0.264 e. The molecule has 236 valence electrons. The van der Waals surface area contributed by atoms with Crippen molar-refractivity contribution in [2.75, 3.05) is 24.6 Å². The van der Waals surface area contributed by atoms with Gasteiger partial charge in [-0.25, -0.2) is 13.1 Å². The maximum absolute atomic E-state index is 13.7. The Morgan fingerprint density at radius 3 is 2.67 bits per heavy atom. The first-order valence-corrected chi connectivity index (χ1v) is 17.9. The Morgan fingerprint density at radius 2 is 1.87 bits per heavy atom. The van der Waals surface area contributed by atoms with Crippen molar-refractivity contribution in [2.24, 2.45) is 11.8 Å². The van der Waals surface area contributed by atoms with Crippen molar-refractivity contribution in [1.82, 2.24) is 4.72 Å². The molecule has 2 N–H and O–H groups in total. The Labute approximate surface area is 270 Å². The zero-order valence-corrected chi connectivity index (χ0v) is 26.8. The first kappa shape index (κ1) is 30.3. The molecule has 9 heteroatoms. The molecule has 3 aromatic carbocycles. The van der Waals surface area contributed by atoms with Gasteiger partial charge in [0.15, 0.2) is 0 Å². The summed E-state index contributed by atoms with van der Waals surface area (Å²) in [6, 6.07) is 20.4. The molecule has 2 heterocycles. The minimum atomic E-state index is -4.08. The third kappa shape index (κ3) is 5.88. The highest BCUT2D eigenvalue weighted by atomic mass is 35.5. The summed E-state index contributed by atoms with van der Waals surface area (Å²) in [6.07, 6.45) is 8.73. The highest BCUT2D eigenvalue weighted by molar-refractivity contribution is 7.90. The molecule has 1 fully saturated rings. The van der Waals surface area contributed by atoms with E-state index in [4.69, 9.17) is 16.3 Å². The lowest BCUT2D eigenvalue weighted by atomic mass is 9.68. The van der Waals surface area contributed by atoms with Gasteiger partial charge >= 0.3 is 0 Å². The Balaban J connectivity index is 1.29. The zero-order chi connectivity index (χ0) is 31.2. The van der Waals surface area contributed by atoms with Gasteiger partial charge < -0.3 is 14.7 Å². The van der Waals surface area contributed by atoms with Crippen LogP contribution in [0.1, 0.15) is 70.8 Å². The van der Waals surface area contributed by atoms with E-state index in [1.165, 1.54) is 11.1 Å². The average molecular weight is 647 g/mol. The summed E-state index contributed by atoms with van der Waals surface area (Å²) in [6.45, 7) is 1.88. The molecule has 1 spiro atoms. The molecule has 1 saturated carbocycles. The van der Waals surface area contributed by atoms with E-state index in [0.717, 1.165) is 42.8 Å². The Morgan fingerprint density at radius 1 is 1.02 bits per heavy atom. The van der Waals surface area contributed by atoms with Gasteiger partial charge in [-0.1, -0.05) is 60.2 Å². The number of anilines is 1. The minimum absolute atomic E-state index is 0.107. The first-order valence-electron chi connectivity index (χ1n) is 16.0. The molecule has 5 atom stereocenters. The number of amides is 1. The number of benzene rings is 3. The fourth-order valence-electron chi connectivity index (χ4n) is 7.86. The minimum Gasteiger partial charge on any atom is -0.490 e. The van der Waals surface area contributed by atoms with Crippen molar-refractivity contribution in [3.8, 4) is 5.75 Å². The average Bonchev–Trinajstić information content (AvgIpc) is 3.15. The monoisotopic (exact) mass is 646 g/mol. The number of allylic oxidation sites excluding steroid dienone is 1. The number of aryl methyl sites for hydroxylation is 1. The molecule has 45 heavy (non-hydrogen) atoms. The standard InChI is InChI=1S/C36H39ClN2O5S/c37-28-14-16-30-25(19-28)9-6-18-36(30)22-39-21-27-12-15-29(27)32(40)10-4-5-11-34(24-7-2-1-3-8-24)45(42,43)38-35(41)26-13-17-33(44-23-36)31(39)20-26/h1-4,7-8,10,13-14,16-17,19-20,27,29,32,34,40H,5-6,9,11-12,15,18,21-23H2,(H,38,41)/b10-4-/t27-,29+,32-,34-,36-/m0/s1. The highest BCUT2D eigenvalue weighted by Gasteiger charge is 2.44. The first-order chi connectivity index (χ1) is 21.7. The van der Waals surface area contributed by atoms with Gasteiger partial charge in [-0.15, -0.1) is 0 Å². The van der Waals surface area contributed by atoms with E-state index in [1.807, 2.05) is 24.3 Å². The number of fused-ring (bicyclic) bond motifs is 4. The van der Waals surface area contributed by atoms with Crippen LogP contribution in [0.25, 0.3) is 0 Å². The number of sulfonamides is 1. The fraction of sp³-hybridized carbons (Fsp3) is 0.417. The lowest BCUT2D eigenvalue weighted by molar-refractivity contribution is 0.0456.